The fraction of sp³-hybridized carbons (Fsp3) is 0.552. The molecule has 198 valence electrons. The summed E-state index contributed by atoms with van der Waals surface area (Å²) in [5.41, 5.74) is -0.141. The van der Waals surface area contributed by atoms with Gasteiger partial charge in [-0.25, -0.2) is 4.79 Å². The number of benzene rings is 1. The van der Waals surface area contributed by atoms with Gasteiger partial charge in [0.05, 0.1) is 19.1 Å². The van der Waals surface area contributed by atoms with E-state index in [2.05, 4.69) is 10.6 Å². The van der Waals surface area contributed by atoms with E-state index >= 15 is 0 Å². The van der Waals surface area contributed by atoms with Crippen LogP contribution in [0.3, 0.4) is 0 Å². The molecule has 37 heavy (non-hydrogen) atoms. The molecule has 4 bridgehead atoms. The van der Waals surface area contributed by atoms with Crippen LogP contribution in [0.25, 0.3) is 0 Å². The summed E-state index contributed by atoms with van der Waals surface area (Å²) in [6.07, 6.45) is 6.78. The molecule has 2 aromatic rings. The van der Waals surface area contributed by atoms with Crippen LogP contribution in [-0.2, 0) is 22.4 Å². The summed E-state index contributed by atoms with van der Waals surface area (Å²) in [4.78, 5) is 26.8. The second-order valence-corrected chi connectivity index (χ2v) is 11.5. The van der Waals surface area contributed by atoms with E-state index in [0.29, 0.717) is 28.7 Å². The quantitative estimate of drug-likeness (QED) is 0.357. The van der Waals surface area contributed by atoms with Gasteiger partial charge >= 0.3 is 6.09 Å². The number of aliphatic hydroxyl groups excluding tert-OH is 1. The summed E-state index contributed by atoms with van der Waals surface area (Å²) < 4.78 is 6.70. The summed E-state index contributed by atoms with van der Waals surface area (Å²) in [5, 5.41) is 28.1. The van der Waals surface area contributed by atoms with Crippen molar-refractivity contribution < 1.29 is 24.2 Å². The third-order valence-corrected chi connectivity index (χ3v) is 8.58. The first-order chi connectivity index (χ1) is 17.8. The Morgan fingerprint density at radius 3 is 2.32 bits per heavy atom. The number of carbonyl (C=O) groups excluding carboxylic acids is 2. The Kier molecular flexibility index (Phi) is 7.38. The van der Waals surface area contributed by atoms with Gasteiger partial charge in [-0.3, -0.25) is 4.79 Å². The number of pyridine rings is 1. The lowest BCUT2D eigenvalue weighted by Crippen LogP contribution is -2.62. The topological polar surface area (TPSA) is 115 Å². The van der Waals surface area contributed by atoms with Crippen molar-refractivity contribution in [2.24, 2.45) is 23.7 Å². The van der Waals surface area contributed by atoms with E-state index in [0.717, 1.165) is 43.1 Å². The number of aromatic nitrogens is 1. The van der Waals surface area contributed by atoms with Crippen molar-refractivity contribution >= 4 is 12.0 Å². The van der Waals surface area contributed by atoms with Crippen LogP contribution < -0.4 is 15.4 Å². The van der Waals surface area contributed by atoms with Crippen LogP contribution in [0.4, 0.5) is 4.79 Å². The maximum absolute atomic E-state index is 13.6. The highest BCUT2D eigenvalue weighted by atomic mass is 16.6. The first kappa shape index (κ1) is 25.5. The SMILES string of the molecule is CC(Cc1cccc[n+]1[O-])(NC(=O)OC1C2CC3CC(C2)CC1C3)C(=O)N[C@H](CO)Cc1ccccc1. The van der Waals surface area contributed by atoms with Gasteiger partial charge in [0.1, 0.15) is 11.6 Å². The summed E-state index contributed by atoms with van der Waals surface area (Å²) >= 11 is 0. The lowest BCUT2D eigenvalue weighted by molar-refractivity contribution is -0.614. The lowest BCUT2D eigenvalue weighted by atomic mass is 9.55. The van der Waals surface area contributed by atoms with Crippen LogP contribution in [0.15, 0.2) is 54.7 Å². The number of nitrogens with one attached hydrogen (secondary N) is 2. The average Bonchev–Trinajstić information content (AvgIpc) is 2.87. The number of nitrogens with zero attached hydrogens (tertiary/aromatic N) is 1. The monoisotopic (exact) mass is 507 g/mol. The Morgan fingerprint density at radius 2 is 1.70 bits per heavy atom. The van der Waals surface area contributed by atoms with Gasteiger partial charge in [0.2, 0.25) is 5.91 Å². The molecular formula is C29H37N3O5. The molecule has 6 rings (SSSR count). The van der Waals surface area contributed by atoms with Crippen LogP contribution >= 0.6 is 0 Å². The molecule has 1 unspecified atom stereocenters. The van der Waals surface area contributed by atoms with Gasteiger partial charge in [0.25, 0.3) is 0 Å². The maximum Gasteiger partial charge on any atom is 0.408 e. The lowest BCUT2D eigenvalue weighted by Gasteiger charge is -2.53. The predicted molar refractivity (Wildman–Crippen MR) is 137 cm³/mol. The molecule has 0 radical (unpaired) electrons. The summed E-state index contributed by atoms with van der Waals surface area (Å²) in [6.45, 7) is 1.34. The van der Waals surface area contributed by atoms with Gasteiger partial charge in [-0.1, -0.05) is 36.4 Å². The summed E-state index contributed by atoms with van der Waals surface area (Å²) in [5.74, 6) is 1.82. The van der Waals surface area contributed by atoms with Crippen molar-refractivity contribution in [3.63, 3.8) is 0 Å². The smallest absolute Gasteiger partial charge is 0.408 e. The van der Waals surface area contributed by atoms with Crippen molar-refractivity contribution in [1.29, 1.82) is 0 Å². The number of aliphatic hydroxyl groups is 1. The largest absolute Gasteiger partial charge is 0.619 e. The van der Waals surface area contributed by atoms with Gasteiger partial charge in [-0.05, 0) is 74.7 Å². The predicted octanol–water partition coefficient (Wildman–Crippen LogP) is 2.89. The number of hydrogen-bond donors (Lipinski definition) is 3. The average molecular weight is 508 g/mol. The van der Waals surface area contributed by atoms with Crippen LogP contribution in [0, 0.1) is 28.9 Å². The van der Waals surface area contributed by atoms with E-state index in [1.807, 2.05) is 30.3 Å². The second kappa shape index (κ2) is 10.7. The van der Waals surface area contributed by atoms with Gasteiger partial charge in [0, 0.05) is 12.1 Å². The minimum Gasteiger partial charge on any atom is -0.619 e. The number of hydrogen-bond acceptors (Lipinski definition) is 5. The number of ether oxygens (including phenoxy) is 1. The van der Waals surface area contributed by atoms with Gasteiger partial charge in [-0.15, -0.1) is 0 Å². The molecule has 0 aliphatic heterocycles. The van der Waals surface area contributed by atoms with Crippen molar-refractivity contribution in [2.45, 2.75) is 69.6 Å². The molecule has 8 heteroatoms. The minimum absolute atomic E-state index is 0.0244. The van der Waals surface area contributed by atoms with Crippen LogP contribution in [-0.4, -0.2) is 41.4 Å². The first-order valence-electron chi connectivity index (χ1n) is 13.4. The van der Waals surface area contributed by atoms with Gasteiger partial charge in [-0.2, -0.15) is 4.73 Å². The highest BCUT2D eigenvalue weighted by Gasteiger charge is 2.50. The van der Waals surface area contributed by atoms with E-state index in [-0.39, 0.29) is 19.1 Å². The standard InChI is InChI=1S/C29H37N3O5/c1-29(17-25-9-5-6-10-32(25)36,27(34)30-24(18-33)16-19-7-3-2-4-8-19)31-28(35)37-26-22-12-20-11-21(14-22)15-23(26)13-20/h2-10,20-24,26,33H,11-18H2,1H3,(H,30,34)(H,31,35)/t20?,21?,22?,23?,24-,26?,29?/m0/s1. The molecule has 0 saturated heterocycles. The van der Waals surface area contributed by atoms with Crippen molar-refractivity contribution in [1.82, 2.24) is 10.6 Å². The second-order valence-electron chi connectivity index (χ2n) is 11.5. The molecule has 3 N–H and O–H groups in total. The number of alkyl carbamates (subject to hydrolysis) is 1. The van der Waals surface area contributed by atoms with Gasteiger partial charge in [0.15, 0.2) is 11.9 Å². The maximum atomic E-state index is 13.6. The fourth-order valence-corrected chi connectivity index (χ4v) is 6.99. The van der Waals surface area contributed by atoms with Crippen molar-refractivity contribution in [3.8, 4) is 0 Å². The van der Waals surface area contributed by atoms with Crippen LogP contribution in [0.1, 0.15) is 50.3 Å². The molecule has 2 atom stereocenters. The van der Waals surface area contributed by atoms with Crippen LogP contribution in [0.2, 0.25) is 0 Å². The zero-order chi connectivity index (χ0) is 26.0. The molecule has 1 aromatic carbocycles. The molecule has 0 spiro atoms. The van der Waals surface area contributed by atoms with E-state index in [1.165, 1.54) is 12.6 Å². The summed E-state index contributed by atoms with van der Waals surface area (Å²) in [6, 6.07) is 14.0. The van der Waals surface area contributed by atoms with E-state index in [1.54, 1.807) is 25.1 Å². The normalized spacial score (nSPS) is 28.2. The molecule has 4 fully saturated rings. The molecular weight excluding hydrogens is 470 g/mol. The minimum atomic E-state index is -1.46. The number of carbonyl (C=O) groups is 2. The van der Waals surface area contributed by atoms with E-state index in [4.69, 9.17) is 4.74 Å². The van der Waals surface area contributed by atoms with Crippen molar-refractivity contribution in [3.05, 3.63) is 71.2 Å². The molecule has 1 heterocycles. The molecule has 1 aromatic heterocycles. The first-order valence-corrected chi connectivity index (χ1v) is 13.4. The van der Waals surface area contributed by atoms with Gasteiger partial charge < -0.3 is 25.7 Å². The Labute approximate surface area is 218 Å². The zero-order valence-electron chi connectivity index (χ0n) is 21.3. The Morgan fingerprint density at radius 1 is 1.05 bits per heavy atom. The zero-order valence-corrected chi connectivity index (χ0v) is 21.3. The third-order valence-electron chi connectivity index (χ3n) is 8.58. The molecule has 4 aliphatic carbocycles. The Bertz CT molecular complexity index is 1080. The number of amides is 2. The summed E-state index contributed by atoms with van der Waals surface area (Å²) in [7, 11) is 0. The highest BCUT2D eigenvalue weighted by Crippen LogP contribution is 2.54. The number of rotatable bonds is 9. The molecule has 4 aliphatic rings. The van der Waals surface area contributed by atoms with E-state index < -0.39 is 23.6 Å². The molecule has 4 saturated carbocycles. The molecule has 8 nitrogen and oxygen atoms in total. The molecule has 2 amide bonds. The fourth-order valence-electron chi connectivity index (χ4n) is 6.99. The highest BCUT2D eigenvalue weighted by molar-refractivity contribution is 5.90. The van der Waals surface area contributed by atoms with E-state index in [9.17, 15) is 19.9 Å². The van der Waals surface area contributed by atoms with Crippen molar-refractivity contribution in [2.75, 3.05) is 6.61 Å². The van der Waals surface area contributed by atoms with Crippen LogP contribution in [0.5, 0.6) is 0 Å². The Balaban J connectivity index is 1.30. The third kappa shape index (κ3) is 5.74. The Hall–Kier alpha value is -3.13.